The molecule has 3 rings (SSSR count). The third-order valence-corrected chi connectivity index (χ3v) is 9.25. The molecule has 0 saturated carbocycles. The fourth-order valence-corrected chi connectivity index (χ4v) is 7.92. The first-order valence-corrected chi connectivity index (χ1v) is 11.6. The summed E-state index contributed by atoms with van der Waals surface area (Å²) in [5, 5.41) is 27.0. The van der Waals surface area contributed by atoms with Crippen molar-refractivity contribution in [3.8, 4) is 0 Å². The van der Waals surface area contributed by atoms with Gasteiger partial charge >= 0.3 is 12.1 Å². The SMILES string of the molecule is O=C(O)CCCC[P+](c1ccccc1)(c1ccccc1)c1ccccc1.O=C(O)O. The van der Waals surface area contributed by atoms with Gasteiger partial charge in [0.25, 0.3) is 0 Å². The summed E-state index contributed by atoms with van der Waals surface area (Å²) in [6, 6.07) is 32.2. The van der Waals surface area contributed by atoms with Gasteiger partial charge in [-0.15, -0.1) is 0 Å². The summed E-state index contributed by atoms with van der Waals surface area (Å²) in [7, 11) is -1.81. The highest BCUT2D eigenvalue weighted by Gasteiger charge is 2.44. The average molecular weight is 425 g/mol. The van der Waals surface area contributed by atoms with Crippen molar-refractivity contribution in [1.82, 2.24) is 0 Å². The molecule has 3 aromatic rings. The molecule has 0 spiro atoms. The average Bonchev–Trinajstić information content (AvgIpc) is 2.75. The van der Waals surface area contributed by atoms with Crippen molar-refractivity contribution in [1.29, 1.82) is 0 Å². The van der Waals surface area contributed by atoms with Gasteiger partial charge < -0.3 is 15.3 Å². The van der Waals surface area contributed by atoms with Crippen molar-refractivity contribution in [2.45, 2.75) is 19.3 Å². The molecule has 0 saturated heterocycles. The molecule has 156 valence electrons. The van der Waals surface area contributed by atoms with Crippen molar-refractivity contribution in [2.24, 2.45) is 0 Å². The largest absolute Gasteiger partial charge is 0.503 e. The zero-order valence-corrected chi connectivity index (χ0v) is 17.5. The molecule has 0 aliphatic rings. The fraction of sp³-hybridized carbons (Fsp3) is 0.167. The molecular weight excluding hydrogens is 399 g/mol. The first-order valence-electron chi connectivity index (χ1n) is 9.65. The van der Waals surface area contributed by atoms with Gasteiger partial charge in [-0.2, -0.15) is 0 Å². The first-order chi connectivity index (χ1) is 14.5. The van der Waals surface area contributed by atoms with Crippen LogP contribution in [0.5, 0.6) is 0 Å². The Hall–Kier alpha value is -3.17. The van der Waals surface area contributed by atoms with E-state index in [1.165, 1.54) is 15.9 Å². The molecule has 0 aromatic heterocycles. The van der Waals surface area contributed by atoms with Crippen LogP contribution in [-0.2, 0) is 4.79 Å². The van der Waals surface area contributed by atoms with Gasteiger partial charge in [-0.05, 0) is 49.2 Å². The van der Waals surface area contributed by atoms with Crippen LogP contribution in [0.4, 0.5) is 4.79 Å². The van der Waals surface area contributed by atoms with Crippen molar-refractivity contribution in [3.05, 3.63) is 91.0 Å². The van der Waals surface area contributed by atoms with Crippen molar-refractivity contribution in [3.63, 3.8) is 0 Å². The zero-order valence-electron chi connectivity index (χ0n) is 16.6. The number of carboxylic acids is 1. The molecule has 0 fully saturated rings. The summed E-state index contributed by atoms with van der Waals surface area (Å²) in [5.74, 6) is -0.715. The standard InChI is InChI=1S/C23H23O2P.CH2O3/c24-23(25)18-10-11-19-26(20-12-4-1-5-13-20,21-14-6-2-7-15-21)22-16-8-3-9-17-22;2-1(3)4/h1-9,12-17H,10-11,18-19H2;(H2,2,3,4)/p+1. The number of rotatable bonds is 8. The number of unbranched alkanes of at least 4 members (excludes halogenated alkanes) is 1. The summed E-state index contributed by atoms with van der Waals surface area (Å²) in [6.45, 7) is 0. The number of benzene rings is 3. The highest BCUT2D eigenvalue weighted by Crippen LogP contribution is 2.55. The maximum atomic E-state index is 10.9. The van der Waals surface area contributed by atoms with E-state index in [-0.39, 0.29) is 6.42 Å². The number of hydrogen-bond donors (Lipinski definition) is 3. The molecule has 0 heterocycles. The number of carbonyl (C=O) groups is 2. The second-order valence-electron chi connectivity index (χ2n) is 6.67. The van der Waals surface area contributed by atoms with Gasteiger partial charge in [-0.25, -0.2) is 4.79 Å². The van der Waals surface area contributed by atoms with Crippen molar-refractivity contribution >= 4 is 35.3 Å². The molecule has 30 heavy (non-hydrogen) atoms. The van der Waals surface area contributed by atoms with Crippen LogP contribution in [0.15, 0.2) is 91.0 Å². The van der Waals surface area contributed by atoms with Gasteiger partial charge in [0.05, 0.1) is 6.16 Å². The third kappa shape index (κ3) is 6.43. The van der Waals surface area contributed by atoms with E-state index in [0.29, 0.717) is 6.42 Å². The highest BCUT2D eigenvalue weighted by atomic mass is 31.2. The molecule has 0 radical (unpaired) electrons. The quantitative estimate of drug-likeness (QED) is 0.366. The third-order valence-electron chi connectivity index (χ3n) is 4.73. The Labute approximate surface area is 177 Å². The molecule has 0 bridgehead atoms. The Bertz CT molecular complexity index is 813. The van der Waals surface area contributed by atoms with Gasteiger partial charge in [-0.1, -0.05) is 54.6 Å². The summed E-state index contributed by atoms with van der Waals surface area (Å²) in [5.41, 5.74) is 0. The lowest BCUT2D eigenvalue weighted by atomic mass is 10.2. The molecule has 3 N–H and O–H groups in total. The molecular formula is C24H26O5P+. The Morgan fingerprint density at radius 3 is 1.23 bits per heavy atom. The summed E-state index contributed by atoms with van der Waals surface area (Å²) in [4.78, 5) is 19.5. The Kier molecular flexibility index (Phi) is 9.04. The van der Waals surface area contributed by atoms with Crippen LogP contribution >= 0.6 is 7.26 Å². The second kappa shape index (κ2) is 11.7. The van der Waals surface area contributed by atoms with E-state index in [0.717, 1.165) is 12.6 Å². The van der Waals surface area contributed by atoms with Crippen LogP contribution < -0.4 is 15.9 Å². The minimum absolute atomic E-state index is 0.234. The normalized spacial score (nSPS) is 10.5. The fourth-order valence-electron chi connectivity index (χ4n) is 3.51. The van der Waals surface area contributed by atoms with E-state index >= 15 is 0 Å². The number of hydrogen-bond acceptors (Lipinski definition) is 2. The Morgan fingerprint density at radius 1 is 0.600 bits per heavy atom. The first kappa shape index (κ1) is 23.1. The second-order valence-corrected chi connectivity index (χ2v) is 10.3. The van der Waals surface area contributed by atoms with Crippen molar-refractivity contribution in [2.75, 3.05) is 6.16 Å². The molecule has 0 aliphatic carbocycles. The van der Waals surface area contributed by atoms with E-state index in [1.807, 2.05) is 0 Å². The molecule has 3 aromatic carbocycles. The van der Waals surface area contributed by atoms with Crippen LogP contribution in [0.2, 0.25) is 0 Å². The van der Waals surface area contributed by atoms with Gasteiger partial charge in [0.2, 0.25) is 0 Å². The molecule has 0 atom stereocenters. The van der Waals surface area contributed by atoms with E-state index in [9.17, 15) is 4.79 Å². The van der Waals surface area contributed by atoms with Crippen LogP contribution in [0, 0.1) is 0 Å². The van der Waals surface area contributed by atoms with Gasteiger partial charge in [0, 0.05) is 6.42 Å². The molecule has 0 aliphatic heterocycles. The Balaban J connectivity index is 0.000000735. The molecule has 0 unspecified atom stereocenters. The highest BCUT2D eigenvalue weighted by molar-refractivity contribution is 7.95. The lowest BCUT2D eigenvalue weighted by molar-refractivity contribution is -0.137. The van der Waals surface area contributed by atoms with Gasteiger partial charge in [0.15, 0.2) is 0 Å². The molecule has 0 amide bonds. The van der Waals surface area contributed by atoms with Gasteiger partial charge in [0.1, 0.15) is 23.2 Å². The van der Waals surface area contributed by atoms with Crippen LogP contribution in [0.3, 0.4) is 0 Å². The van der Waals surface area contributed by atoms with Crippen molar-refractivity contribution < 1.29 is 24.9 Å². The monoisotopic (exact) mass is 425 g/mol. The number of aliphatic carboxylic acids is 1. The minimum atomic E-state index is -1.83. The predicted molar refractivity (Wildman–Crippen MR) is 122 cm³/mol. The lowest BCUT2D eigenvalue weighted by Gasteiger charge is -2.27. The van der Waals surface area contributed by atoms with Crippen LogP contribution in [-0.4, -0.2) is 33.6 Å². The maximum Gasteiger partial charge on any atom is 0.503 e. The topological polar surface area (TPSA) is 94.8 Å². The van der Waals surface area contributed by atoms with Crippen LogP contribution in [0.1, 0.15) is 19.3 Å². The lowest BCUT2D eigenvalue weighted by Crippen LogP contribution is -2.33. The maximum absolute atomic E-state index is 10.9. The summed E-state index contributed by atoms with van der Waals surface area (Å²) < 4.78 is 0. The summed E-state index contributed by atoms with van der Waals surface area (Å²) >= 11 is 0. The van der Waals surface area contributed by atoms with E-state index in [4.69, 9.17) is 20.1 Å². The number of carboxylic acid groups (broad SMARTS) is 3. The summed E-state index contributed by atoms with van der Waals surface area (Å²) in [6.07, 6.45) is 0.999. The smallest absolute Gasteiger partial charge is 0.481 e. The minimum Gasteiger partial charge on any atom is -0.481 e. The molecule has 5 nitrogen and oxygen atoms in total. The van der Waals surface area contributed by atoms with E-state index in [1.54, 1.807) is 0 Å². The molecule has 6 heteroatoms. The van der Waals surface area contributed by atoms with Gasteiger partial charge in [-0.3, -0.25) is 4.79 Å². The van der Waals surface area contributed by atoms with Crippen LogP contribution in [0.25, 0.3) is 0 Å². The Morgan fingerprint density at radius 2 is 0.933 bits per heavy atom. The predicted octanol–water partition coefficient (Wildman–Crippen LogP) is 4.46. The zero-order chi connectivity index (χ0) is 21.8. The van der Waals surface area contributed by atoms with E-state index < -0.39 is 19.4 Å². The van der Waals surface area contributed by atoms with E-state index in [2.05, 4.69) is 91.0 Å².